The molecule has 0 aliphatic carbocycles. The molecule has 0 radical (unpaired) electrons. The minimum Gasteiger partial charge on any atom is -0.302 e. The molecule has 0 N–H and O–H groups in total. The summed E-state index contributed by atoms with van der Waals surface area (Å²) in [4.78, 5) is 22.1. The Kier molecular flexibility index (Phi) is 6.47. The standard InChI is InChI=1S/C21H24ClN3OS/c1-4-24(5-2)12-13-25(20(26)16-9-6-8-15(3)14-16)21-23-19-17(22)10-7-11-18(19)27-21/h6-11,14H,4-5,12-13H2,1-3H3. The number of hydrogen-bond donors (Lipinski definition) is 0. The number of anilines is 1. The van der Waals surface area contributed by atoms with Gasteiger partial charge < -0.3 is 4.90 Å². The first-order valence-corrected chi connectivity index (χ1v) is 10.4. The van der Waals surface area contributed by atoms with Crippen molar-refractivity contribution in [1.29, 1.82) is 0 Å². The maximum atomic E-state index is 13.3. The maximum absolute atomic E-state index is 13.3. The van der Waals surface area contributed by atoms with Crippen molar-refractivity contribution < 1.29 is 4.79 Å². The molecule has 0 bridgehead atoms. The van der Waals surface area contributed by atoms with Crippen molar-refractivity contribution in [3.05, 3.63) is 58.6 Å². The van der Waals surface area contributed by atoms with Crippen molar-refractivity contribution in [1.82, 2.24) is 9.88 Å². The summed E-state index contributed by atoms with van der Waals surface area (Å²) in [6.45, 7) is 9.55. The first-order valence-electron chi connectivity index (χ1n) is 9.19. The van der Waals surface area contributed by atoms with Crippen LogP contribution in [0.3, 0.4) is 0 Å². The van der Waals surface area contributed by atoms with Crippen LogP contribution < -0.4 is 4.90 Å². The van der Waals surface area contributed by atoms with Crippen molar-refractivity contribution in [2.24, 2.45) is 0 Å². The molecule has 0 saturated carbocycles. The van der Waals surface area contributed by atoms with E-state index >= 15 is 0 Å². The van der Waals surface area contributed by atoms with Crippen molar-refractivity contribution in [2.75, 3.05) is 31.1 Å². The lowest BCUT2D eigenvalue weighted by Crippen LogP contribution is -2.38. The van der Waals surface area contributed by atoms with Gasteiger partial charge in [-0.3, -0.25) is 9.69 Å². The molecule has 2 aromatic carbocycles. The van der Waals surface area contributed by atoms with E-state index in [0.29, 0.717) is 22.3 Å². The summed E-state index contributed by atoms with van der Waals surface area (Å²) in [6.07, 6.45) is 0. The molecule has 4 nitrogen and oxygen atoms in total. The van der Waals surface area contributed by atoms with E-state index < -0.39 is 0 Å². The van der Waals surface area contributed by atoms with Crippen LogP contribution in [-0.4, -0.2) is 42.0 Å². The highest BCUT2D eigenvalue weighted by atomic mass is 35.5. The van der Waals surface area contributed by atoms with E-state index in [1.54, 1.807) is 4.90 Å². The largest absolute Gasteiger partial charge is 0.302 e. The summed E-state index contributed by atoms with van der Waals surface area (Å²) in [5.41, 5.74) is 2.50. The number of aromatic nitrogens is 1. The summed E-state index contributed by atoms with van der Waals surface area (Å²) < 4.78 is 0.988. The van der Waals surface area contributed by atoms with Crippen molar-refractivity contribution >= 4 is 44.2 Å². The van der Waals surface area contributed by atoms with Crippen LogP contribution in [0, 0.1) is 6.92 Å². The number of nitrogens with zero attached hydrogens (tertiary/aromatic N) is 3. The molecule has 3 aromatic rings. The van der Waals surface area contributed by atoms with Crippen LogP contribution in [0.1, 0.15) is 29.8 Å². The first kappa shape index (κ1) is 19.8. The topological polar surface area (TPSA) is 36.4 Å². The Labute approximate surface area is 169 Å². The second kappa shape index (κ2) is 8.83. The zero-order valence-corrected chi connectivity index (χ0v) is 17.5. The van der Waals surface area contributed by atoms with E-state index in [-0.39, 0.29) is 5.91 Å². The molecular weight excluding hydrogens is 378 g/mol. The van der Waals surface area contributed by atoms with Crippen LogP contribution in [0.2, 0.25) is 5.02 Å². The quantitative estimate of drug-likeness (QED) is 0.542. The molecule has 142 valence electrons. The number of carbonyl (C=O) groups excluding carboxylic acids is 1. The van der Waals surface area contributed by atoms with E-state index in [9.17, 15) is 4.79 Å². The zero-order chi connectivity index (χ0) is 19.4. The van der Waals surface area contributed by atoms with Gasteiger partial charge >= 0.3 is 0 Å². The van der Waals surface area contributed by atoms with Gasteiger partial charge in [0.15, 0.2) is 5.13 Å². The van der Waals surface area contributed by atoms with E-state index in [1.165, 1.54) is 11.3 Å². The molecule has 0 spiro atoms. The fourth-order valence-electron chi connectivity index (χ4n) is 3.02. The predicted octanol–water partition coefficient (Wildman–Crippen LogP) is 5.25. The number of likely N-dealkylation sites (N-methyl/N-ethyl adjacent to an activating group) is 1. The van der Waals surface area contributed by atoms with Gasteiger partial charge in [-0.2, -0.15) is 0 Å². The Bertz CT molecular complexity index is 936. The fourth-order valence-corrected chi connectivity index (χ4v) is 4.31. The number of aryl methyl sites for hydroxylation is 1. The van der Waals surface area contributed by atoms with Crippen LogP contribution in [0.5, 0.6) is 0 Å². The highest BCUT2D eigenvalue weighted by Gasteiger charge is 2.22. The van der Waals surface area contributed by atoms with Crippen LogP contribution in [-0.2, 0) is 0 Å². The number of hydrogen-bond acceptors (Lipinski definition) is 4. The van der Waals surface area contributed by atoms with Crippen molar-refractivity contribution in [3.63, 3.8) is 0 Å². The molecule has 0 aliphatic heterocycles. The minimum atomic E-state index is -0.0268. The first-order chi connectivity index (χ1) is 13.0. The molecule has 0 aliphatic rings. The van der Waals surface area contributed by atoms with E-state index in [4.69, 9.17) is 11.6 Å². The number of halogens is 1. The Balaban J connectivity index is 1.97. The summed E-state index contributed by atoms with van der Waals surface area (Å²) in [6, 6.07) is 13.4. The molecule has 1 amide bonds. The number of para-hydroxylation sites is 1. The second-order valence-electron chi connectivity index (χ2n) is 6.44. The van der Waals surface area contributed by atoms with Gasteiger partial charge in [-0.15, -0.1) is 0 Å². The monoisotopic (exact) mass is 401 g/mol. The maximum Gasteiger partial charge on any atom is 0.260 e. The summed E-state index contributed by atoms with van der Waals surface area (Å²) >= 11 is 7.80. The average Bonchev–Trinajstić information content (AvgIpc) is 3.10. The molecule has 1 heterocycles. The number of benzene rings is 2. The number of amides is 1. The Morgan fingerprint density at radius 3 is 2.52 bits per heavy atom. The van der Waals surface area contributed by atoms with Gasteiger partial charge in [-0.25, -0.2) is 4.98 Å². The summed E-state index contributed by atoms with van der Waals surface area (Å²) in [7, 11) is 0. The third-order valence-corrected chi connectivity index (χ3v) is 5.98. The smallest absolute Gasteiger partial charge is 0.260 e. The lowest BCUT2D eigenvalue weighted by atomic mass is 10.1. The summed E-state index contributed by atoms with van der Waals surface area (Å²) in [5.74, 6) is -0.0268. The number of rotatable bonds is 7. The van der Waals surface area contributed by atoms with E-state index in [1.807, 2.05) is 49.4 Å². The van der Waals surface area contributed by atoms with Gasteiger partial charge in [-0.1, -0.05) is 60.5 Å². The van der Waals surface area contributed by atoms with Gasteiger partial charge in [-0.05, 0) is 44.3 Å². The van der Waals surface area contributed by atoms with Crippen LogP contribution in [0.4, 0.5) is 5.13 Å². The van der Waals surface area contributed by atoms with Gasteiger partial charge in [0, 0.05) is 18.7 Å². The third kappa shape index (κ3) is 4.49. The molecule has 0 saturated heterocycles. The normalized spacial score (nSPS) is 11.3. The average molecular weight is 402 g/mol. The Hall–Kier alpha value is -1.95. The SMILES string of the molecule is CCN(CC)CCN(C(=O)c1cccc(C)c1)c1nc2c(Cl)cccc2s1. The van der Waals surface area contributed by atoms with Gasteiger partial charge in [0.25, 0.3) is 5.91 Å². The highest BCUT2D eigenvalue weighted by molar-refractivity contribution is 7.22. The molecule has 0 fully saturated rings. The Morgan fingerprint density at radius 2 is 1.85 bits per heavy atom. The summed E-state index contributed by atoms with van der Waals surface area (Å²) in [5, 5.41) is 1.30. The predicted molar refractivity (Wildman–Crippen MR) is 115 cm³/mol. The molecule has 0 unspecified atom stereocenters. The Morgan fingerprint density at radius 1 is 1.11 bits per heavy atom. The fraction of sp³-hybridized carbons (Fsp3) is 0.333. The van der Waals surface area contributed by atoms with Gasteiger partial charge in [0.05, 0.1) is 9.72 Å². The van der Waals surface area contributed by atoms with Crippen LogP contribution in [0.25, 0.3) is 10.2 Å². The minimum absolute atomic E-state index is 0.0268. The van der Waals surface area contributed by atoms with Crippen LogP contribution in [0.15, 0.2) is 42.5 Å². The number of thiazole rings is 1. The highest BCUT2D eigenvalue weighted by Crippen LogP contribution is 2.33. The van der Waals surface area contributed by atoms with Gasteiger partial charge in [0.2, 0.25) is 0 Å². The molecule has 0 atom stereocenters. The third-order valence-electron chi connectivity index (χ3n) is 4.63. The van der Waals surface area contributed by atoms with Crippen LogP contribution >= 0.6 is 22.9 Å². The second-order valence-corrected chi connectivity index (χ2v) is 7.85. The molecule has 6 heteroatoms. The van der Waals surface area contributed by atoms with Crippen molar-refractivity contribution in [3.8, 4) is 0 Å². The lowest BCUT2D eigenvalue weighted by molar-refractivity contribution is 0.0983. The van der Waals surface area contributed by atoms with Gasteiger partial charge in [0.1, 0.15) is 5.52 Å². The number of fused-ring (bicyclic) bond motifs is 1. The van der Waals surface area contributed by atoms with Crippen molar-refractivity contribution in [2.45, 2.75) is 20.8 Å². The molecule has 1 aromatic heterocycles. The molecular formula is C21H24ClN3OS. The molecule has 3 rings (SSSR count). The molecule has 27 heavy (non-hydrogen) atoms. The van der Waals surface area contributed by atoms with E-state index in [2.05, 4.69) is 23.7 Å². The number of carbonyl (C=O) groups is 1. The lowest BCUT2D eigenvalue weighted by Gasteiger charge is -2.24. The van der Waals surface area contributed by atoms with E-state index in [0.717, 1.165) is 35.4 Å². The zero-order valence-electron chi connectivity index (χ0n) is 15.9.